The Morgan fingerprint density at radius 1 is 1.22 bits per heavy atom. The second-order valence-corrected chi connectivity index (χ2v) is 8.11. The normalized spacial score (nSPS) is 15.5. The Morgan fingerprint density at radius 3 is 2.59 bits per heavy atom. The number of hydrogen-bond donors (Lipinski definition) is 2. The number of carbonyl (C=O) groups is 3. The van der Waals surface area contributed by atoms with Crippen LogP contribution in [0.5, 0.6) is 0 Å². The maximum Gasteiger partial charge on any atom is 0.337 e. The van der Waals surface area contributed by atoms with E-state index in [1.165, 1.54) is 7.11 Å². The average Bonchev–Trinajstić information content (AvgIpc) is 2.82. The Bertz CT molecular complexity index is 1100. The summed E-state index contributed by atoms with van der Waals surface area (Å²) in [7, 11) is 1.30. The van der Waals surface area contributed by atoms with Crippen molar-refractivity contribution < 1.29 is 19.1 Å². The number of aryl methyl sites for hydroxylation is 1. The summed E-state index contributed by atoms with van der Waals surface area (Å²) in [6.07, 6.45) is 0.903. The first-order valence-electron chi connectivity index (χ1n) is 10.1. The topological polar surface area (TPSA) is 108 Å². The Labute approximate surface area is 190 Å². The van der Waals surface area contributed by atoms with Crippen LogP contribution in [0.15, 0.2) is 59.1 Å². The molecule has 0 fully saturated rings. The molecule has 32 heavy (non-hydrogen) atoms. The third kappa shape index (κ3) is 5.37. The van der Waals surface area contributed by atoms with Gasteiger partial charge in [-0.05, 0) is 35.7 Å². The number of para-hydroxylation sites is 1. The highest BCUT2D eigenvalue weighted by atomic mass is 32.2. The number of allylic oxidation sites excluding steroid dienone is 1. The minimum absolute atomic E-state index is 0.0485. The van der Waals surface area contributed by atoms with Gasteiger partial charge in [-0.15, -0.1) is 0 Å². The molecule has 1 atom stereocenters. The second-order valence-electron chi connectivity index (χ2n) is 7.12. The summed E-state index contributed by atoms with van der Waals surface area (Å²) in [5.74, 6) is -1.31. The van der Waals surface area contributed by atoms with Gasteiger partial charge in [0.05, 0.1) is 35.1 Å². The molecule has 164 valence electrons. The first kappa shape index (κ1) is 23.1. The SMILES string of the molecule is CCc1ccccc1NC(=O)CSC1=C(C#N)[C@H](c2ccc(C(=O)OC)cc2)CC(=O)N1. The van der Waals surface area contributed by atoms with E-state index >= 15 is 0 Å². The molecule has 3 rings (SSSR count). The van der Waals surface area contributed by atoms with E-state index in [2.05, 4.69) is 16.7 Å². The van der Waals surface area contributed by atoms with Crippen LogP contribution in [-0.2, 0) is 20.7 Å². The van der Waals surface area contributed by atoms with E-state index < -0.39 is 11.9 Å². The van der Waals surface area contributed by atoms with Gasteiger partial charge in [0.1, 0.15) is 0 Å². The molecule has 2 amide bonds. The second kappa shape index (κ2) is 10.6. The lowest BCUT2D eigenvalue weighted by Gasteiger charge is -2.25. The summed E-state index contributed by atoms with van der Waals surface area (Å²) >= 11 is 1.12. The molecule has 0 spiro atoms. The third-order valence-corrected chi connectivity index (χ3v) is 6.13. The van der Waals surface area contributed by atoms with Crippen molar-refractivity contribution in [2.45, 2.75) is 25.7 Å². The van der Waals surface area contributed by atoms with Crippen LogP contribution < -0.4 is 10.6 Å². The van der Waals surface area contributed by atoms with Crippen LogP contribution >= 0.6 is 11.8 Å². The van der Waals surface area contributed by atoms with Crippen molar-refractivity contribution >= 4 is 35.2 Å². The molecule has 1 aliphatic rings. The largest absolute Gasteiger partial charge is 0.465 e. The summed E-state index contributed by atoms with van der Waals surface area (Å²) in [4.78, 5) is 36.5. The number of methoxy groups -OCH3 is 1. The van der Waals surface area contributed by atoms with Gasteiger partial charge in [0.2, 0.25) is 11.8 Å². The molecule has 0 radical (unpaired) electrons. The number of nitriles is 1. The number of nitrogens with one attached hydrogen (secondary N) is 2. The number of carbonyl (C=O) groups excluding carboxylic acids is 3. The molecule has 0 aromatic heterocycles. The first-order valence-corrected chi connectivity index (χ1v) is 11.1. The number of benzene rings is 2. The van der Waals surface area contributed by atoms with Gasteiger partial charge in [-0.1, -0.05) is 49.0 Å². The summed E-state index contributed by atoms with van der Waals surface area (Å²) in [5.41, 5.74) is 3.30. The van der Waals surface area contributed by atoms with Gasteiger partial charge in [0.25, 0.3) is 0 Å². The molecule has 1 aliphatic heterocycles. The molecule has 2 aromatic rings. The summed E-state index contributed by atoms with van der Waals surface area (Å²) < 4.78 is 4.70. The van der Waals surface area contributed by atoms with Gasteiger partial charge < -0.3 is 15.4 Å². The van der Waals surface area contributed by atoms with Gasteiger partial charge >= 0.3 is 5.97 Å². The molecule has 0 saturated carbocycles. The molecule has 2 aromatic carbocycles. The molecule has 2 N–H and O–H groups in total. The number of rotatable bonds is 7. The van der Waals surface area contributed by atoms with Crippen molar-refractivity contribution in [2.24, 2.45) is 0 Å². The van der Waals surface area contributed by atoms with E-state index in [0.717, 1.165) is 35.0 Å². The standard InChI is InChI=1S/C24H23N3O4S/c1-3-15-6-4-5-7-20(15)26-22(29)14-32-23-19(13-25)18(12-21(28)27-23)16-8-10-17(11-9-16)24(30)31-2/h4-11,18H,3,12,14H2,1-2H3,(H,26,29)(H,27,28)/t18-/m0/s1. The van der Waals surface area contributed by atoms with Crippen molar-refractivity contribution in [1.29, 1.82) is 5.26 Å². The molecule has 0 unspecified atom stereocenters. The molecular formula is C24H23N3O4S. The highest BCUT2D eigenvalue weighted by Crippen LogP contribution is 2.36. The summed E-state index contributed by atoms with van der Waals surface area (Å²) in [6.45, 7) is 2.01. The highest BCUT2D eigenvalue weighted by Gasteiger charge is 2.30. The van der Waals surface area contributed by atoms with Gasteiger partial charge in [-0.2, -0.15) is 5.26 Å². The van der Waals surface area contributed by atoms with Crippen molar-refractivity contribution in [3.8, 4) is 6.07 Å². The van der Waals surface area contributed by atoms with Crippen LogP contribution in [0.3, 0.4) is 0 Å². The maximum absolute atomic E-state index is 12.5. The minimum Gasteiger partial charge on any atom is -0.465 e. The Morgan fingerprint density at radius 2 is 1.94 bits per heavy atom. The number of thioether (sulfide) groups is 1. The van der Waals surface area contributed by atoms with E-state index in [0.29, 0.717) is 16.2 Å². The number of esters is 1. The van der Waals surface area contributed by atoms with E-state index in [-0.39, 0.29) is 24.0 Å². The molecule has 7 nitrogen and oxygen atoms in total. The zero-order valence-corrected chi connectivity index (χ0v) is 18.6. The zero-order valence-electron chi connectivity index (χ0n) is 17.8. The third-order valence-electron chi connectivity index (χ3n) is 5.11. The highest BCUT2D eigenvalue weighted by molar-refractivity contribution is 8.03. The monoisotopic (exact) mass is 449 g/mol. The number of ether oxygens (including phenoxy) is 1. The zero-order chi connectivity index (χ0) is 23.1. The molecule has 0 saturated heterocycles. The summed E-state index contributed by atoms with van der Waals surface area (Å²) in [5, 5.41) is 15.8. The Hall–Kier alpha value is -3.57. The quantitative estimate of drug-likeness (QED) is 0.624. The van der Waals surface area contributed by atoms with Gasteiger partial charge in [0.15, 0.2) is 0 Å². The van der Waals surface area contributed by atoms with Crippen molar-refractivity contribution in [2.75, 3.05) is 18.2 Å². The first-order chi connectivity index (χ1) is 15.5. The smallest absolute Gasteiger partial charge is 0.337 e. The number of nitrogens with zero attached hydrogens (tertiary/aromatic N) is 1. The fraction of sp³-hybridized carbons (Fsp3) is 0.250. The predicted octanol–water partition coefficient (Wildman–Crippen LogP) is 3.75. The lowest BCUT2D eigenvalue weighted by atomic mass is 9.87. The Balaban J connectivity index is 1.76. The predicted molar refractivity (Wildman–Crippen MR) is 123 cm³/mol. The van der Waals surface area contributed by atoms with Gasteiger partial charge in [-0.25, -0.2) is 4.79 Å². The van der Waals surface area contributed by atoms with E-state index in [9.17, 15) is 19.6 Å². The van der Waals surface area contributed by atoms with E-state index in [1.807, 2.05) is 31.2 Å². The van der Waals surface area contributed by atoms with Crippen molar-refractivity contribution in [3.63, 3.8) is 0 Å². The molecule has 0 aliphatic carbocycles. The van der Waals surface area contributed by atoms with Crippen LogP contribution in [0.25, 0.3) is 0 Å². The lowest BCUT2D eigenvalue weighted by molar-refractivity contribution is -0.121. The van der Waals surface area contributed by atoms with Crippen molar-refractivity contribution in [1.82, 2.24) is 5.32 Å². The molecule has 8 heteroatoms. The molecular weight excluding hydrogens is 426 g/mol. The lowest BCUT2D eigenvalue weighted by Crippen LogP contribution is -2.31. The van der Waals surface area contributed by atoms with E-state index in [4.69, 9.17) is 4.74 Å². The van der Waals surface area contributed by atoms with E-state index in [1.54, 1.807) is 24.3 Å². The fourth-order valence-electron chi connectivity index (χ4n) is 3.46. The number of anilines is 1. The fourth-order valence-corrected chi connectivity index (χ4v) is 4.34. The minimum atomic E-state index is -0.458. The van der Waals surface area contributed by atoms with Gasteiger partial charge in [0, 0.05) is 18.0 Å². The Kier molecular flexibility index (Phi) is 7.68. The van der Waals surface area contributed by atoms with Crippen LogP contribution in [0, 0.1) is 11.3 Å². The molecule has 0 bridgehead atoms. The maximum atomic E-state index is 12.5. The molecule has 1 heterocycles. The van der Waals surface area contributed by atoms with Crippen molar-refractivity contribution in [3.05, 3.63) is 75.8 Å². The average molecular weight is 450 g/mol. The van der Waals surface area contributed by atoms with Crippen LogP contribution in [0.2, 0.25) is 0 Å². The summed E-state index contributed by atoms with van der Waals surface area (Å²) in [6, 6.07) is 16.4. The van der Waals surface area contributed by atoms with Crippen LogP contribution in [-0.4, -0.2) is 30.6 Å². The van der Waals surface area contributed by atoms with Gasteiger partial charge in [-0.3, -0.25) is 9.59 Å². The number of hydrogen-bond acceptors (Lipinski definition) is 6. The van der Waals surface area contributed by atoms with Crippen LogP contribution in [0.1, 0.15) is 40.7 Å². The van der Waals surface area contributed by atoms with Crippen LogP contribution in [0.4, 0.5) is 5.69 Å². The number of amides is 2.